The average molecular weight is 429 g/mol. The van der Waals surface area contributed by atoms with Gasteiger partial charge in [-0.2, -0.15) is 13.2 Å². The molecule has 4 fully saturated rings. The Kier molecular flexibility index (Phi) is 7.01. The molecule has 0 radical (unpaired) electrons. The van der Waals surface area contributed by atoms with Crippen molar-refractivity contribution in [3.8, 4) is 0 Å². The van der Waals surface area contributed by atoms with Gasteiger partial charge in [-0.15, -0.1) is 0 Å². The van der Waals surface area contributed by atoms with Crippen LogP contribution < -0.4 is 10.0 Å². The third kappa shape index (κ3) is 5.76. The fraction of sp³-hybridized carbons (Fsp3) is 0.682. The molecule has 0 heterocycles. The van der Waals surface area contributed by atoms with Crippen molar-refractivity contribution in [1.82, 2.24) is 10.0 Å². The maximum atomic E-state index is 12.4. The highest BCUT2D eigenvalue weighted by molar-refractivity contribution is 7.97. The van der Waals surface area contributed by atoms with Gasteiger partial charge >= 0.3 is 6.18 Å². The first-order valence-corrected chi connectivity index (χ1v) is 11.2. The summed E-state index contributed by atoms with van der Waals surface area (Å²) in [4.78, 5) is 11.0. The van der Waals surface area contributed by atoms with E-state index in [0.29, 0.717) is 11.2 Å². The standard InChI is InChI=1S/C11H12F3NOS.C11H19N/c1-10(2,7-16)15-17-9-5-3-4-8(6-9)11(12,13)14;1-12-11-9-3-7-2-8(5-9)6-10(11)4-7/h3-7,15H,1-2H3;7-12H,2-6H2,1H3. The van der Waals surface area contributed by atoms with E-state index < -0.39 is 17.3 Å². The van der Waals surface area contributed by atoms with Crippen LogP contribution in [0.25, 0.3) is 0 Å². The van der Waals surface area contributed by atoms with E-state index in [0.717, 1.165) is 53.8 Å². The number of hydrogen-bond donors (Lipinski definition) is 2. The monoisotopic (exact) mass is 428 g/mol. The molecule has 0 aliphatic heterocycles. The van der Waals surface area contributed by atoms with Crippen molar-refractivity contribution in [2.45, 2.75) is 68.6 Å². The summed E-state index contributed by atoms with van der Waals surface area (Å²) < 4.78 is 40.1. The Morgan fingerprint density at radius 2 is 1.62 bits per heavy atom. The summed E-state index contributed by atoms with van der Waals surface area (Å²) in [6.07, 6.45) is 4.09. The Balaban J connectivity index is 0.000000174. The molecule has 2 N–H and O–H groups in total. The SMILES string of the molecule is CC(C)(C=O)NSc1cccc(C(F)(F)F)c1.CNC1C2CC3CC(C2)CC1C3. The van der Waals surface area contributed by atoms with E-state index in [1.807, 2.05) is 0 Å². The fourth-order valence-corrected chi connectivity index (χ4v) is 6.11. The Morgan fingerprint density at radius 3 is 2.10 bits per heavy atom. The molecule has 4 bridgehead atoms. The Morgan fingerprint density at radius 1 is 1.03 bits per heavy atom. The summed E-state index contributed by atoms with van der Waals surface area (Å²) in [6.45, 7) is 3.28. The highest BCUT2D eigenvalue weighted by atomic mass is 32.2. The van der Waals surface area contributed by atoms with Gasteiger partial charge in [0, 0.05) is 10.9 Å². The van der Waals surface area contributed by atoms with Crippen molar-refractivity contribution in [1.29, 1.82) is 0 Å². The van der Waals surface area contributed by atoms with Crippen LogP contribution in [0.1, 0.15) is 51.5 Å². The van der Waals surface area contributed by atoms with E-state index in [2.05, 4.69) is 17.1 Å². The number of carbonyl (C=O) groups excluding carboxylic acids is 1. The quantitative estimate of drug-likeness (QED) is 0.493. The number of alkyl halides is 3. The Bertz CT molecular complexity index is 680. The molecule has 162 valence electrons. The lowest BCUT2D eigenvalue weighted by Gasteiger charge is -2.54. The first-order valence-electron chi connectivity index (χ1n) is 10.4. The number of aldehydes is 1. The molecular formula is C22H31F3N2OS. The largest absolute Gasteiger partial charge is 0.416 e. The number of rotatable bonds is 5. The lowest BCUT2D eigenvalue weighted by atomic mass is 9.54. The lowest BCUT2D eigenvalue weighted by molar-refractivity contribution is -0.137. The van der Waals surface area contributed by atoms with Crippen LogP contribution in [0.4, 0.5) is 13.2 Å². The van der Waals surface area contributed by atoms with Gasteiger partial charge in [0.1, 0.15) is 6.29 Å². The van der Waals surface area contributed by atoms with Crippen LogP contribution in [-0.4, -0.2) is 24.9 Å². The molecule has 0 aromatic heterocycles. The number of carbonyl (C=O) groups is 1. The summed E-state index contributed by atoms with van der Waals surface area (Å²) in [7, 11) is 2.16. The van der Waals surface area contributed by atoms with E-state index in [9.17, 15) is 18.0 Å². The molecule has 0 spiro atoms. The molecule has 0 amide bonds. The number of halogens is 3. The van der Waals surface area contributed by atoms with Gasteiger partial charge in [0.25, 0.3) is 0 Å². The van der Waals surface area contributed by atoms with Crippen LogP contribution in [0, 0.1) is 23.7 Å². The second-order valence-electron chi connectivity index (χ2n) is 9.31. The summed E-state index contributed by atoms with van der Waals surface area (Å²) >= 11 is 1.00. The van der Waals surface area contributed by atoms with Gasteiger partial charge in [-0.1, -0.05) is 6.07 Å². The smallest absolute Gasteiger partial charge is 0.316 e. The van der Waals surface area contributed by atoms with E-state index in [-0.39, 0.29) is 0 Å². The maximum absolute atomic E-state index is 12.4. The van der Waals surface area contributed by atoms with Crippen LogP contribution in [0.5, 0.6) is 0 Å². The van der Waals surface area contributed by atoms with Gasteiger partial charge < -0.3 is 10.1 Å². The molecule has 0 atom stereocenters. The van der Waals surface area contributed by atoms with Crippen LogP contribution in [0.3, 0.4) is 0 Å². The molecule has 3 nitrogen and oxygen atoms in total. The maximum Gasteiger partial charge on any atom is 0.416 e. The molecular weight excluding hydrogens is 397 g/mol. The van der Waals surface area contributed by atoms with Crippen molar-refractivity contribution < 1.29 is 18.0 Å². The minimum atomic E-state index is -4.35. The van der Waals surface area contributed by atoms with Crippen molar-refractivity contribution in [2.75, 3.05) is 7.05 Å². The second-order valence-corrected chi connectivity index (χ2v) is 10.2. The second kappa shape index (κ2) is 8.98. The zero-order valence-electron chi connectivity index (χ0n) is 17.3. The third-order valence-corrected chi connectivity index (χ3v) is 7.57. The van der Waals surface area contributed by atoms with Gasteiger partial charge in [0.05, 0.1) is 11.1 Å². The molecule has 1 aromatic rings. The van der Waals surface area contributed by atoms with Crippen LogP contribution in [-0.2, 0) is 11.0 Å². The number of nitrogens with one attached hydrogen (secondary N) is 2. The first-order chi connectivity index (χ1) is 13.6. The lowest BCUT2D eigenvalue weighted by Crippen LogP contribution is -2.53. The summed E-state index contributed by atoms with van der Waals surface area (Å²) in [5.41, 5.74) is -1.48. The van der Waals surface area contributed by atoms with Gasteiger partial charge in [0.15, 0.2) is 0 Å². The molecule has 7 heteroatoms. The highest BCUT2D eigenvalue weighted by Crippen LogP contribution is 2.53. The van der Waals surface area contributed by atoms with Crippen molar-refractivity contribution in [3.05, 3.63) is 29.8 Å². The topological polar surface area (TPSA) is 41.1 Å². The molecule has 4 saturated carbocycles. The zero-order chi connectivity index (χ0) is 21.2. The predicted molar refractivity (Wildman–Crippen MR) is 110 cm³/mol. The molecule has 4 aliphatic rings. The number of hydrogen-bond acceptors (Lipinski definition) is 4. The van der Waals surface area contributed by atoms with Crippen molar-refractivity contribution in [3.63, 3.8) is 0 Å². The van der Waals surface area contributed by atoms with Gasteiger partial charge in [-0.05, 0) is 107 Å². The molecule has 29 heavy (non-hydrogen) atoms. The van der Waals surface area contributed by atoms with Crippen LogP contribution in [0.15, 0.2) is 29.2 Å². The van der Waals surface area contributed by atoms with E-state index >= 15 is 0 Å². The molecule has 0 unspecified atom stereocenters. The minimum Gasteiger partial charge on any atom is -0.316 e. The van der Waals surface area contributed by atoms with Gasteiger partial charge in [-0.3, -0.25) is 0 Å². The van der Waals surface area contributed by atoms with Crippen LogP contribution >= 0.6 is 11.9 Å². The first kappa shape index (κ1) is 22.6. The predicted octanol–water partition coefficient (Wildman–Crippen LogP) is 5.31. The highest BCUT2D eigenvalue weighted by Gasteiger charge is 2.47. The average Bonchev–Trinajstić information content (AvgIpc) is 2.66. The van der Waals surface area contributed by atoms with Crippen LogP contribution in [0.2, 0.25) is 0 Å². The van der Waals surface area contributed by atoms with E-state index in [1.165, 1.54) is 6.07 Å². The Labute approximate surface area is 175 Å². The molecule has 1 aromatic carbocycles. The Hall–Kier alpha value is -1.05. The molecule has 5 rings (SSSR count). The third-order valence-electron chi connectivity index (χ3n) is 6.45. The normalized spacial score (nSPS) is 30.6. The summed E-state index contributed by atoms with van der Waals surface area (Å²) in [6, 6.07) is 5.82. The van der Waals surface area contributed by atoms with E-state index in [1.54, 1.807) is 52.0 Å². The summed E-state index contributed by atoms with van der Waals surface area (Å²) in [5.74, 6) is 4.34. The van der Waals surface area contributed by atoms with Gasteiger partial charge in [-0.25, -0.2) is 4.72 Å². The zero-order valence-corrected chi connectivity index (χ0v) is 18.1. The fourth-order valence-electron chi connectivity index (χ4n) is 5.35. The molecule has 4 aliphatic carbocycles. The number of benzene rings is 1. The van der Waals surface area contributed by atoms with E-state index in [4.69, 9.17) is 0 Å². The van der Waals surface area contributed by atoms with Crippen molar-refractivity contribution in [2.24, 2.45) is 23.7 Å². The van der Waals surface area contributed by atoms with Gasteiger partial charge in [0.2, 0.25) is 0 Å². The minimum absolute atomic E-state index is 0.412. The molecule has 0 saturated heterocycles. The van der Waals surface area contributed by atoms with Crippen molar-refractivity contribution >= 4 is 18.2 Å². The summed E-state index contributed by atoms with van der Waals surface area (Å²) in [5, 5.41) is 3.55.